The molecule has 6 nitrogen and oxygen atoms in total. The van der Waals surface area contributed by atoms with Crippen LogP contribution in [0.1, 0.15) is 77.6 Å². The average Bonchev–Trinajstić information content (AvgIpc) is 2.56. The summed E-state index contributed by atoms with van der Waals surface area (Å²) in [7, 11) is 0. The summed E-state index contributed by atoms with van der Waals surface area (Å²) in [5, 5.41) is 33.3. The second-order valence-corrected chi connectivity index (χ2v) is 6.05. The van der Waals surface area contributed by atoms with Crippen molar-refractivity contribution in [3.63, 3.8) is 0 Å². The molecule has 0 saturated heterocycles. The maximum atomic E-state index is 10.8. The highest BCUT2D eigenvalue weighted by Crippen LogP contribution is 2.12. The van der Waals surface area contributed by atoms with Crippen LogP contribution in [-0.2, 0) is 9.59 Å². The van der Waals surface area contributed by atoms with E-state index in [1.165, 1.54) is 38.5 Å². The Labute approximate surface area is 151 Å². The summed E-state index contributed by atoms with van der Waals surface area (Å²) in [4.78, 5) is 21.3. The standard InChI is InChI=1S/C16H28O4.C3H8O2/c1-2-3-4-5-6-7-8-9-10-11-12-14(16(19)20)13-15(17)18;4-2-1-3-5/h10-11,14H,2-9,12-13H2,1H3,(H,17,18)(H,19,20);4-5H,1-3H2/b11-10+;. The summed E-state index contributed by atoms with van der Waals surface area (Å²) in [5.41, 5.74) is 0. The Kier molecular flexibility index (Phi) is 21.3. The van der Waals surface area contributed by atoms with Crippen LogP contribution in [0, 0.1) is 5.92 Å². The molecule has 0 fully saturated rings. The third kappa shape index (κ3) is 22.6. The molecule has 0 aromatic rings. The van der Waals surface area contributed by atoms with Crippen LogP contribution in [0.2, 0.25) is 0 Å². The number of hydrogen-bond donors (Lipinski definition) is 4. The van der Waals surface area contributed by atoms with Crippen LogP contribution in [0.5, 0.6) is 0 Å². The van der Waals surface area contributed by atoms with Crippen LogP contribution >= 0.6 is 0 Å². The van der Waals surface area contributed by atoms with Gasteiger partial charge in [0.2, 0.25) is 0 Å². The van der Waals surface area contributed by atoms with Gasteiger partial charge in [0.05, 0.1) is 12.3 Å². The third-order valence-corrected chi connectivity index (χ3v) is 3.65. The van der Waals surface area contributed by atoms with Crippen molar-refractivity contribution in [2.75, 3.05) is 13.2 Å². The van der Waals surface area contributed by atoms with Gasteiger partial charge in [-0.15, -0.1) is 0 Å². The van der Waals surface area contributed by atoms with Crippen molar-refractivity contribution in [1.82, 2.24) is 0 Å². The van der Waals surface area contributed by atoms with Crippen LogP contribution in [0.15, 0.2) is 12.2 Å². The molecule has 0 radical (unpaired) electrons. The molecule has 0 amide bonds. The molecule has 0 heterocycles. The van der Waals surface area contributed by atoms with Gasteiger partial charge in [0.25, 0.3) is 0 Å². The summed E-state index contributed by atoms with van der Waals surface area (Å²) in [6, 6.07) is 0. The molecule has 6 heteroatoms. The molecule has 0 rings (SSSR count). The monoisotopic (exact) mass is 360 g/mol. The Morgan fingerprint density at radius 2 is 1.40 bits per heavy atom. The Balaban J connectivity index is 0. The smallest absolute Gasteiger partial charge is 0.307 e. The number of carbonyl (C=O) groups is 2. The first-order chi connectivity index (χ1) is 12.0. The summed E-state index contributed by atoms with van der Waals surface area (Å²) < 4.78 is 0. The van der Waals surface area contributed by atoms with E-state index in [0.29, 0.717) is 12.8 Å². The number of allylic oxidation sites excluding steroid dienone is 2. The van der Waals surface area contributed by atoms with E-state index in [0.717, 1.165) is 12.8 Å². The van der Waals surface area contributed by atoms with Crippen LogP contribution in [-0.4, -0.2) is 45.6 Å². The minimum atomic E-state index is -1.06. The van der Waals surface area contributed by atoms with E-state index in [9.17, 15) is 9.59 Å². The van der Waals surface area contributed by atoms with E-state index in [-0.39, 0.29) is 19.6 Å². The quantitative estimate of drug-likeness (QED) is 0.262. The normalized spacial score (nSPS) is 11.8. The lowest BCUT2D eigenvalue weighted by Gasteiger charge is -2.05. The van der Waals surface area contributed by atoms with E-state index in [1.807, 2.05) is 6.08 Å². The predicted molar refractivity (Wildman–Crippen MR) is 98.5 cm³/mol. The highest BCUT2D eigenvalue weighted by molar-refractivity contribution is 5.77. The van der Waals surface area contributed by atoms with E-state index in [4.69, 9.17) is 20.4 Å². The van der Waals surface area contributed by atoms with Gasteiger partial charge in [-0.1, -0.05) is 57.6 Å². The van der Waals surface area contributed by atoms with Crippen molar-refractivity contribution in [3.8, 4) is 0 Å². The topological polar surface area (TPSA) is 115 Å². The van der Waals surface area contributed by atoms with E-state index < -0.39 is 17.9 Å². The minimum absolute atomic E-state index is 0.0938. The third-order valence-electron chi connectivity index (χ3n) is 3.65. The fourth-order valence-corrected chi connectivity index (χ4v) is 2.15. The highest BCUT2D eigenvalue weighted by atomic mass is 16.4. The van der Waals surface area contributed by atoms with Gasteiger partial charge in [0.1, 0.15) is 0 Å². The van der Waals surface area contributed by atoms with Gasteiger partial charge in [0.15, 0.2) is 0 Å². The summed E-state index contributed by atoms with van der Waals surface area (Å²) in [6.45, 7) is 2.40. The SMILES string of the molecule is CCCCCCCCC/C=C/CC(CC(=O)O)C(=O)O.OCCCO. The van der Waals surface area contributed by atoms with Gasteiger partial charge in [-0.3, -0.25) is 9.59 Å². The fraction of sp³-hybridized carbons (Fsp3) is 0.789. The van der Waals surface area contributed by atoms with Crippen molar-refractivity contribution in [2.45, 2.75) is 77.6 Å². The van der Waals surface area contributed by atoms with Gasteiger partial charge >= 0.3 is 11.9 Å². The maximum absolute atomic E-state index is 10.8. The Morgan fingerprint density at radius 3 is 1.84 bits per heavy atom. The lowest BCUT2D eigenvalue weighted by atomic mass is 10.0. The predicted octanol–water partition coefficient (Wildman–Crippen LogP) is 3.61. The Hall–Kier alpha value is -1.40. The van der Waals surface area contributed by atoms with Crippen molar-refractivity contribution in [2.24, 2.45) is 5.92 Å². The molecule has 0 aromatic carbocycles. The first-order valence-corrected chi connectivity index (χ1v) is 9.30. The first kappa shape index (κ1) is 25.8. The molecule has 0 aliphatic heterocycles. The van der Waals surface area contributed by atoms with Crippen molar-refractivity contribution >= 4 is 11.9 Å². The van der Waals surface area contributed by atoms with Crippen molar-refractivity contribution < 1.29 is 30.0 Å². The number of carboxylic acids is 2. The number of unbranched alkanes of at least 4 members (excludes halogenated alkanes) is 7. The summed E-state index contributed by atoms with van der Waals surface area (Å²) in [5.74, 6) is -2.90. The van der Waals surface area contributed by atoms with Gasteiger partial charge in [-0.05, 0) is 25.7 Å². The molecule has 148 valence electrons. The number of hydrogen-bond acceptors (Lipinski definition) is 4. The Morgan fingerprint density at radius 1 is 0.840 bits per heavy atom. The second kappa shape index (κ2) is 20.6. The molecule has 0 saturated carbocycles. The fourth-order valence-electron chi connectivity index (χ4n) is 2.15. The highest BCUT2D eigenvalue weighted by Gasteiger charge is 2.18. The van der Waals surface area contributed by atoms with Crippen LogP contribution < -0.4 is 0 Å². The van der Waals surface area contributed by atoms with Gasteiger partial charge in [0, 0.05) is 13.2 Å². The van der Waals surface area contributed by atoms with Crippen LogP contribution in [0.25, 0.3) is 0 Å². The van der Waals surface area contributed by atoms with Gasteiger partial charge in [-0.25, -0.2) is 0 Å². The summed E-state index contributed by atoms with van der Waals surface area (Å²) >= 11 is 0. The second-order valence-electron chi connectivity index (χ2n) is 6.05. The Bertz CT molecular complexity index is 339. The first-order valence-electron chi connectivity index (χ1n) is 9.30. The zero-order chi connectivity index (χ0) is 19.3. The van der Waals surface area contributed by atoms with E-state index in [2.05, 4.69) is 6.92 Å². The van der Waals surface area contributed by atoms with Crippen molar-refractivity contribution in [1.29, 1.82) is 0 Å². The zero-order valence-electron chi connectivity index (χ0n) is 15.5. The molecule has 1 unspecified atom stereocenters. The molecule has 0 aliphatic rings. The number of aliphatic hydroxyl groups is 2. The van der Waals surface area contributed by atoms with Gasteiger partial charge in [-0.2, -0.15) is 0 Å². The van der Waals surface area contributed by atoms with Crippen molar-refractivity contribution in [3.05, 3.63) is 12.2 Å². The van der Waals surface area contributed by atoms with Crippen LogP contribution in [0.4, 0.5) is 0 Å². The molecular weight excluding hydrogens is 324 g/mol. The van der Waals surface area contributed by atoms with E-state index >= 15 is 0 Å². The number of aliphatic hydroxyl groups excluding tert-OH is 2. The van der Waals surface area contributed by atoms with E-state index in [1.54, 1.807) is 6.08 Å². The number of aliphatic carboxylic acids is 2. The molecule has 0 spiro atoms. The zero-order valence-corrected chi connectivity index (χ0v) is 15.5. The molecule has 0 aromatic heterocycles. The number of carboxylic acid groups (broad SMARTS) is 2. The number of rotatable bonds is 15. The lowest BCUT2D eigenvalue weighted by molar-refractivity contribution is -0.148. The average molecular weight is 360 g/mol. The van der Waals surface area contributed by atoms with Crippen LogP contribution in [0.3, 0.4) is 0 Å². The van der Waals surface area contributed by atoms with Gasteiger partial charge < -0.3 is 20.4 Å². The molecule has 0 bridgehead atoms. The lowest BCUT2D eigenvalue weighted by Crippen LogP contribution is -2.16. The molecular formula is C19H36O6. The summed E-state index contributed by atoms with van der Waals surface area (Å²) in [6.07, 6.45) is 14.0. The molecule has 1 atom stereocenters. The molecule has 25 heavy (non-hydrogen) atoms. The minimum Gasteiger partial charge on any atom is -0.481 e. The largest absolute Gasteiger partial charge is 0.481 e. The maximum Gasteiger partial charge on any atom is 0.307 e. The molecule has 4 N–H and O–H groups in total. The molecule has 0 aliphatic carbocycles.